The normalized spacial score (nSPS) is 26.6. The molecular formula is C14H22N2O2S2. The van der Waals surface area contributed by atoms with Gasteiger partial charge < -0.3 is 5.11 Å². The van der Waals surface area contributed by atoms with Crippen molar-refractivity contribution in [2.75, 3.05) is 0 Å². The van der Waals surface area contributed by atoms with Crippen LogP contribution in [0.2, 0.25) is 0 Å². The second-order valence-electron chi connectivity index (χ2n) is 5.40. The molecule has 1 aliphatic carbocycles. The molecule has 1 aromatic heterocycles. The van der Waals surface area contributed by atoms with E-state index in [4.69, 9.17) is 0 Å². The van der Waals surface area contributed by atoms with Crippen molar-refractivity contribution >= 4 is 29.3 Å². The van der Waals surface area contributed by atoms with Crippen molar-refractivity contribution < 1.29 is 9.90 Å². The lowest BCUT2D eigenvalue weighted by Gasteiger charge is -2.32. The van der Waals surface area contributed by atoms with Crippen LogP contribution in [0.15, 0.2) is 4.34 Å². The van der Waals surface area contributed by atoms with E-state index in [1.165, 1.54) is 24.4 Å². The molecule has 0 saturated heterocycles. The Balaban J connectivity index is 2.04. The number of carboxylic acid groups (broad SMARTS) is 1. The zero-order valence-corrected chi connectivity index (χ0v) is 13.7. The fraction of sp³-hybridized carbons (Fsp3) is 0.786. The van der Waals surface area contributed by atoms with Crippen molar-refractivity contribution in [2.45, 2.75) is 62.0 Å². The van der Waals surface area contributed by atoms with Gasteiger partial charge in [-0.15, -0.1) is 0 Å². The summed E-state index contributed by atoms with van der Waals surface area (Å²) in [5, 5.41) is 9.56. The zero-order valence-electron chi connectivity index (χ0n) is 12.0. The third-order valence-electron chi connectivity index (χ3n) is 3.93. The highest BCUT2D eigenvalue weighted by molar-refractivity contribution is 8.01. The molecule has 1 saturated carbocycles. The molecule has 0 spiro atoms. The molecule has 0 amide bonds. The van der Waals surface area contributed by atoms with Gasteiger partial charge in [0.25, 0.3) is 0 Å². The molecule has 112 valence electrons. The fourth-order valence-corrected chi connectivity index (χ4v) is 5.21. The van der Waals surface area contributed by atoms with Gasteiger partial charge in [-0.3, -0.25) is 4.79 Å². The summed E-state index contributed by atoms with van der Waals surface area (Å²) in [5.41, 5.74) is 0. The van der Waals surface area contributed by atoms with Crippen molar-refractivity contribution in [3.05, 3.63) is 5.82 Å². The van der Waals surface area contributed by atoms with Gasteiger partial charge in [0.1, 0.15) is 5.82 Å². The Hall–Kier alpha value is -0.620. The SMILES string of the molecule is CCCC1CCC(C(=O)O)C(Sc2nc(CC)ns2)C1. The van der Waals surface area contributed by atoms with Crippen LogP contribution in [0.1, 0.15) is 51.8 Å². The number of nitrogens with zero attached hydrogens (tertiary/aromatic N) is 2. The molecule has 1 aromatic rings. The number of aromatic nitrogens is 2. The van der Waals surface area contributed by atoms with Crippen molar-refractivity contribution in [3.8, 4) is 0 Å². The first-order chi connectivity index (χ1) is 9.63. The summed E-state index contributed by atoms with van der Waals surface area (Å²) in [7, 11) is 0. The molecule has 0 aliphatic heterocycles. The first-order valence-corrected chi connectivity index (χ1v) is 9.01. The summed E-state index contributed by atoms with van der Waals surface area (Å²) in [6.07, 6.45) is 6.08. The predicted octanol–water partition coefficient (Wildman–Crippen LogP) is 3.86. The molecular weight excluding hydrogens is 292 g/mol. The lowest BCUT2D eigenvalue weighted by molar-refractivity contribution is -0.142. The van der Waals surface area contributed by atoms with Gasteiger partial charge in [-0.05, 0) is 36.7 Å². The standard InChI is InChI=1S/C14H22N2O2S2/c1-3-5-9-6-7-10(13(17)18)11(8-9)19-14-15-12(4-2)16-20-14/h9-11H,3-8H2,1-2H3,(H,17,18). The van der Waals surface area contributed by atoms with Crippen molar-refractivity contribution in [1.82, 2.24) is 9.36 Å². The lowest BCUT2D eigenvalue weighted by atomic mass is 9.80. The minimum atomic E-state index is -0.655. The summed E-state index contributed by atoms with van der Waals surface area (Å²) >= 11 is 3.04. The van der Waals surface area contributed by atoms with Crippen LogP contribution in [0.4, 0.5) is 0 Å². The minimum absolute atomic E-state index is 0.149. The summed E-state index contributed by atoms with van der Waals surface area (Å²) in [5.74, 6) is 0.650. The topological polar surface area (TPSA) is 63.1 Å². The summed E-state index contributed by atoms with van der Waals surface area (Å²) in [6.45, 7) is 4.23. The van der Waals surface area contributed by atoms with E-state index in [9.17, 15) is 9.90 Å². The number of thioether (sulfide) groups is 1. The molecule has 2 rings (SSSR count). The van der Waals surface area contributed by atoms with E-state index in [2.05, 4.69) is 16.3 Å². The van der Waals surface area contributed by atoms with Gasteiger partial charge in [-0.25, -0.2) is 4.98 Å². The number of rotatable bonds is 6. The summed E-state index contributed by atoms with van der Waals surface area (Å²) < 4.78 is 5.21. The van der Waals surface area contributed by atoms with Gasteiger partial charge in [0.05, 0.1) is 5.92 Å². The monoisotopic (exact) mass is 314 g/mol. The van der Waals surface area contributed by atoms with E-state index in [0.29, 0.717) is 5.92 Å². The first kappa shape index (κ1) is 15.8. The van der Waals surface area contributed by atoms with Crippen LogP contribution in [0, 0.1) is 11.8 Å². The molecule has 0 aromatic carbocycles. The Morgan fingerprint density at radius 2 is 2.25 bits per heavy atom. The largest absolute Gasteiger partial charge is 0.481 e. The Kier molecular flexibility index (Phi) is 5.84. The number of aliphatic carboxylic acids is 1. The summed E-state index contributed by atoms with van der Waals surface area (Å²) in [4.78, 5) is 15.9. The van der Waals surface area contributed by atoms with Crippen molar-refractivity contribution in [1.29, 1.82) is 0 Å². The van der Waals surface area contributed by atoms with E-state index in [1.54, 1.807) is 11.8 Å². The van der Waals surface area contributed by atoms with Gasteiger partial charge >= 0.3 is 5.97 Å². The predicted molar refractivity (Wildman–Crippen MR) is 82.3 cm³/mol. The number of hydrogen-bond donors (Lipinski definition) is 1. The molecule has 0 bridgehead atoms. The second-order valence-corrected chi connectivity index (χ2v) is 7.64. The van der Waals surface area contributed by atoms with Crippen LogP contribution in [-0.2, 0) is 11.2 Å². The van der Waals surface area contributed by atoms with Gasteiger partial charge in [-0.1, -0.05) is 38.5 Å². The van der Waals surface area contributed by atoms with Crippen LogP contribution < -0.4 is 0 Å². The Labute approximate surface area is 128 Å². The average Bonchev–Trinajstić information content (AvgIpc) is 2.87. The zero-order chi connectivity index (χ0) is 14.5. The number of hydrogen-bond acceptors (Lipinski definition) is 5. The van der Waals surface area contributed by atoms with E-state index in [1.807, 2.05) is 6.92 Å². The highest BCUT2D eigenvalue weighted by atomic mass is 32.2. The molecule has 1 heterocycles. The maximum atomic E-state index is 11.4. The van der Waals surface area contributed by atoms with Crippen LogP contribution in [0.5, 0.6) is 0 Å². The molecule has 4 nitrogen and oxygen atoms in total. The molecule has 1 aliphatic rings. The third-order valence-corrected chi connectivity index (χ3v) is 6.11. The average molecular weight is 314 g/mol. The maximum Gasteiger partial charge on any atom is 0.307 e. The third kappa shape index (κ3) is 3.95. The highest BCUT2D eigenvalue weighted by Crippen LogP contribution is 2.41. The molecule has 3 atom stereocenters. The molecule has 1 N–H and O–H groups in total. The fourth-order valence-electron chi connectivity index (χ4n) is 2.85. The van der Waals surface area contributed by atoms with E-state index < -0.39 is 5.97 Å². The van der Waals surface area contributed by atoms with Gasteiger partial charge in [0.2, 0.25) is 0 Å². The minimum Gasteiger partial charge on any atom is -0.481 e. The van der Waals surface area contributed by atoms with Crippen LogP contribution in [0.3, 0.4) is 0 Å². The maximum absolute atomic E-state index is 11.4. The highest BCUT2D eigenvalue weighted by Gasteiger charge is 2.36. The number of carbonyl (C=O) groups is 1. The van der Waals surface area contributed by atoms with Crippen molar-refractivity contribution in [3.63, 3.8) is 0 Å². The van der Waals surface area contributed by atoms with Crippen LogP contribution in [-0.4, -0.2) is 25.7 Å². The molecule has 3 unspecified atom stereocenters. The van der Waals surface area contributed by atoms with E-state index >= 15 is 0 Å². The van der Waals surface area contributed by atoms with Gasteiger partial charge in [0, 0.05) is 11.7 Å². The lowest BCUT2D eigenvalue weighted by Crippen LogP contribution is -2.32. The molecule has 1 fully saturated rings. The molecule has 0 radical (unpaired) electrons. The first-order valence-electron chi connectivity index (χ1n) is 7.36. The Morgan fingerprint density at radius 1 is 1.45 bits per heavy atom. The number of aryl methyl sites for hydroxylation is 1. The Morgan fingerprint density at radius 3 is 2.85 bits per heavy atom. The van der Waals surface area contributed by atoms with E-state index in [0.717, 1.165) is 35.8 Å². The quantitative estimate of drug-likeness (QED) is 0.863. The van der Waals surface area contributed by atoms with Gasteiger partial charge in [-0.2, -0.15) is 4.37 Å². The summed E-state index contributed by atoms with van der Waals surface area (Å²) in [6, 6.07) is 0. The van der Waals surface area contributed by atoms with Crippen LogP contribution in [0.25, 0.3) is 0 Å². The molecule has 20 heavy (non-hydrogen) atoms. The van der Waals surface area contributed by atoms with Crippen molar-refractivity contribution in [2.24, 2.45) is 11.8 Å². The smallest absolute Gasteiger partial charge is 0.307 e. The van der Waals surface area contributed by atoms with Crippen LogP contribution >= 0.6 is 23.3 Å². The second kappa shape index (κ2) is 7.41. The van der Waals surface area contributed by atoms with E-state index in [-0.39, 0.29) is 11.2 Å². The Bertz CT molecular complexity index is 450. The molecule has 6 heteroatoms. The van der Waals surface area contributed by atoms with Gasteiger partial charge in [0.15, 0.2) is 4.34 Å². The number of carboxylic acids is 1.